The van der Waals surface area contributed by atoms with Gasteiger partial charge in [0.1, 0.15) is 17.6 Å². The van der Waals surface area contributed by atoms with Crippen LogP contribution in [0.15, 0.2) is 67.3 Å². The van der Waals surface area contributed by atoms with Crippen molar-refractivity contribution in [3.63, 3.8) is 0 Å². The number of esters is 1. The highest BCUT2D eigenvalue weighted by Crippen LogP contribution is 2.57. The molecule has 2 unspecified atom stereocenters. The largest absolute Gasteiger partial charge is 0.497 e. The third-order valence-corrected chi connectivity index (χ3v) is 11.3. The SMILES string of the molecule is C=CC1CC1(CC(=O)[C@@H]1C[C@@H](Oc2cc(-c3ccccc3)nc3cc(OC)ccc23)CN1C(=O)[C@@H](CC(=O)N1CCCCC1)C(C)(C)C)C(=O)OCC. The van der Waals surface area contributed by atoms with Gasteiger partial charge in [-0.3, -0.25) is 19.2 Å². The summed E-state index contributed by atoms with van der Waals surface area (Å²) in [6, 6.07) is 16.5. The topological polar surface area (TPSA) is 115 Å². The van der Waals surface area contributed by atoms with E-state index >= 15 is 0 Å². The van der Waals surface area contributed by atoms with Gasteiger partial charge in [-0.05, 0) is 56.1 Å². The summed E-state index contributed by atoms with van der Waals surface area (Å²) in [6.45, 7) is 13.3. The smallest absolute Gasteiger partial charge is 0.313 e. The molecular formula is C43H53N3O7. The second-order valence-electron chi connectivity index (χ2n) is 15.9. The van der Waals surface area contributed by atoms with Crippen LogP contribution in [0.25, 0.3) is 22.2 Å². The fraction of sp³-hybridized carbons (Fsp3) is 0.512. The van der Waals surface area contributed by atoms with E-state index in [2.05, 4.69) is 6.58 Å². The van der Waals surface area contributed by atoms with Crippen LogP contribution in [0.3, 0.4) is 0 Å². The normalized spacial score (nSPS) is 23.3. The molecule has 0 bridgehead atoms. The Balaban J connectivity index is 1.34. The molecule has 1 aliphatic carbocycles. The van der Waals surface area contributed by atoms with Gasteiger partial charge in [0.25, 0.3) is 0 Å². The van der Waals surface area contributed by atoms with E-state index in [4.69, 9.17) is 19.2 Å². The number of allylic oxidation sites excluding steroid dienone is 1. The van der Waals surface area contributed by atoms with Crippen LogP contribution in [-0.2, 0) is 23.9 Å². The maximum absolute atomic E-state index is 14.8. The highest BCUT2D eigenvalue weighted by molar-refractivity contribution is 5.96. The van der Waals surface area contributed by atoms with Gasteiger partial charge in [-0.15, -0.1) is 6.58 Å². The molecule has 3 aromatic rings. The number of piperidine rings is 1. The number of pyridine rings is 1. The average molecular weight is 724 g/mol. The number of ketones is 1. The fourth-order valence-corrected chi connectivity index (χ4v) is 8.04. The third kappa shape index (κ3) is 8.11. The number of amides is 2. The van der Waals surface area contributed by atoms with Crippen molar-refractivity contribution in [1.29, 1.82) is 0 Å². The van der Waals surface area contributed by atoms with Crippen molar-refractivity contribution in [3.05, 3.63) is 67.3 Å². The van der Waals surface area contributed by atoms with Crippen molar-refractivity contribution >= 4 is 34.5 Å². The lowest BCUT2D eigenvalue weighted by atomic mass is 9.77. The monoisotopic (exact) mass is 723 g/mol. The van der Waals surface area contributed by atoms with E-state index in [-0.39, 0.29) is 55.9 Å². The summed E-state index contributed by atoms with van der Waals surface area (Å²) in [5, 5.41) is 0.769. The zero-order chi connectivity index (χ0) is 37.9. The number of aromatic nitrogens is 1. The molecule has 53 heavy (non-hydrogen) atoms. The number of likely N-dealkylation sites (tertiary alicyclic amines) is 2. The summed E-state index contributed by atoms with van der Waals surface area (Å²) in [7, 11) is 1.61. The first-order valence-electron chi connectivity index (χ1n) is 19.0. The first-order chi connectivity index (χ1) is 25.4. The van der Waals surface area contributed by atoms with Gasteiger partial charge in [-0.25, -0.2) is 4.98 Å². The van der Waals surface area contributed by atoms with Crippen molar-refractivity contribution < 1.29 is 33.4 Å². The minimum absolute atomic E-state index is 0.0342. The van der Waals surface area contributed by atoms with Crippen LogP contribution in [0.5, 0.6) is 11.5 Å². The fourth-order valence-electron chi connectivity index (χ4n) is 8.04. The number of hydrogen-bond donors (Lipinski definition) is 0. The van der Waals surface area contributed by atoms with E-state index in [0.29, 0.717) is 42.2 Å². The molecule has 1 aromatic heterocycles. The van der Waals surface area contributed by atoms with Crippen molar-refractivity contribution in [3.8, 4) is 22.8 Å². The van der Waals surface area contributed by atoms with Gasteiger partial charge in [0, 0.05) is 55.4 Å². The molecule has 10 nitrogen and oxygen atoms in total. The van der Waals surface area contributed by atoms with Crippen LogP contribution in [0.2, 0.25) is 0 Å². The Hall–Kier alpha value is -4.73. The van der Waals surface area contributed by atoms with Crippen LogP contribution in [0, 0.1) is 22.7 Å². The number of rotatable bonds is 13. The second kappa shape index (κ2) is 15.7. The summed E-state index contributed by atoms with van der Waals surface area (Å²) in [6.07, 6.45) is 4.89. The lowest BCUT2D eigenvalue weighted by Crippen LogP contribution is -2.49. The number of carbonyl (C=O) groups excluding carboxylic acids is 4. The van der Waals surface area contributed by atoms with E-state index in [1.165, 1.54) is 0 Å². The molecule has 3 aliphatic rings. The Labute approximate surface area is 312 Å². The number of Topliss-reactive ketones (excluding diaryl/α,β-unsaturated/α-hetero) is 1. The Morgan fingerprint density at radius 2 is 1.77 bits per heavy atom. The molecule has 2 aliphatic heterocycles. The third-order valence-electron chi connectivity index (χ3n) is 11.3. The van der Waals surface area contributed by atoms with Gasteiger partial charge in [0.05, 0.1) is 48.8 Å². The lowest BCUT2D eigenvalue weighted by Gasteiger charge is -2.36. The summed E-state index contributed by atoms with van der Waals surface area (Å²) < 4.78 is 17.7. The predicted octanol–water partition coefficient (Wildman–Crippen LogP) is 7.04. The van der Waals surface area contributed by atoms with Crippen LogP contribution >= 0.6 is 0 Å². The minimum atomic E-state index is -0.985. The van der Waals surface area contributed by atoms with E-state index in [9.17, 15) is 19.2 Å². The Bertz CT molecular complexity index is 1850. The predicted molar refractivity (Wildman–Crippen MR) is 203 cm³/mol. The second-order valence-corrected chi connectivity index (χ2v) is 15.9. The number of hydrogen-bond acceptors (Lipinski definition) is 8. The molecule has 1 saturated carbocycles. The Kier molecular flexibility index (Phi) is 11.3. The van der Waals surface area contributed by atoms with Gasteiger partial charge in [0.2, 0.25) is 11.8 Å². The molecule has 3 heterocycles. The summed E-state index contributed by atoms with van der Waals surface area (Å²) >= 11 is 0. The molecule has 5 atom stereocenters. The molecular weight excluding hydrogens is 670 g/mol. The van der Waals surface area contributed by atoms with Crippen LogP contribution in [0.4, 0.5) is 0 Å². The van der Waals surface area contributed by atoms with Gasteiger partial charge in [0.15, 0.2) is 5.78 Å². The van der Waals surface area contributed by atoms with Gasteiger partial charge in [-0.2, -0.15) is 0 Å². The average Bonchev–Trinajstić information content (AvgIpc) is 3.72. The minimum Gasteiger partial charge on any atom is -0.497 e. The standard InChI is InChI=1S/C43H53N3O7/c1-7-29-25-43(29,41(50)52-8-2)26-37(47)36-22-31(27-46(36)40(49)33(42(3,4)5)23-39(48)45-19-13-10-14-20-45)53-38-24-34(28-15-11-9-12-16-28)44-35-21-30(51-6)17-18-32(35)38/h7,9,11-12,15-18,21,24,29,31,33,36H,1,8,10,13-14,19-20,22-23,25-27H2,2-6H3/t29?,31-,33-,36+,43?/m1/s1. The van der Waals surface area contributed by atoms with Crippen LogP contribution in [0.1, 0.15) is 72.6 Å². The zero-order valence-electron chi connectivity index (χ0n) is 31.8. The molecule has 0 radical (unpaired) electrons. The van der Waals surface area contributed by atoms with Gasteiger partial charge in [-0.1, -0.05) is 57.2 Å². The summed E-state index contributed by atoms with van der Waals surface area (Å²) in [5.74, 6) is -0.512. The highest BCUT2D eigenvalue weighted by Gasteiger charge is 2.61. The van der Waals surface area contributed by atoms with Gasteiger partial charge < -0.3 is 24.0 Å². The van der Waals surface area contributed by atoms with E-state index in [1.807, 2.05) is 80.3 Å². The van der Waals surface area contributed by atoms with Crippen molar-refractivity contribution in [2.24, 2.45) is 22.7 Å². The summed E-state index contributed by atoms with van der Waals surface area (Å²) in [5.41, 5.74) is 0.765. The molecule has 282 valence electrons. The Morgan fingerprint density at radius 1 is 1.04 bits per heavy atom. The molecule has 2 aromatic carbocycles. The van der Waals surface area contributed by atoms with Gasteiger partial charge >= 0.3 is 5.97 Å². The first-order valence-corrected chi connectivity index (χ1v) is 19.0. The maximum Gasteiger partial charge on any atom is 0.313 e. The number of carbonyl (C=O) groups is 4. The Morgan fingerprint density at radius 3 is 2.42 bits per heavy atom. The number of nitrogens with zero attached hydrogens (tertiary/aromatic N) is 3. The zero-order valence-corrected chi connectivity index (χ0v) is 31.8. The summed E-state index contributed by atoms with van der Waals surface area (Å²) in [4.78, 5) is 64.5. The van der Waals surface area contributed by atoms with Crippen molar-refractivity contribution in [1.82, 2.24) is 14.8 Å². The molecule has 6 rings (SSSR count). The maximum atomic E-state index is 14.8. The molecule has 2 amide bonds. The number of methoxy groups -OCH3 is 1. The van der Waals surface area contributed by atoms with E-state index < -0.39 is 34.9 Å². The quantitative estimate of drug-likeness (QED) is 0.136. The van der Waals surface area contributed by atoms with Crippen molar-refractivity contribution in [2.75, 3.05) is 33.4 Å². The number of fused-ring (bicyclic) bond motifs is 1. The number of benzene rings is 2. The molecule has 10 heteroatoms. The van der Waals surface area contributed by atoms with E-state index in [0.717, 1.165) is 30.2 Å². The molecule has 3 fully saturated rings. The molecule has 0 N–H and O–H groups in total. The first kappa shape index (κ1) is 38.0. The van der Waals surface area contributed by atoms with Crippen LogP contribution in [-0.4, -0.2) is 83.8 Å². The molecule has 2 saturated heterocycles. The van der Waals surface area contributed by atoms with Crippen molar-refractivity contribution in [2.45, 2.75) is 84.8 Å². The lowest BCUT2D eigenvalue weighted by molar-refractivity contribution is -0.153. The number of ether oxygens (including phenoxy) is 3. The van der Waals surface area contributed by atoms with E-state index in [1.54, 1.807) is 25.0 Å². The van der Waals surface area contributed by atoms with Crippen LogP contribution < -0.4 is 9.47 Å². The molecule has 0 spiro atoms. The highest BCUT2D eigenvalue weighted by atomic mass is 16.5.